The van der Waals surface area contributed by atoms with Gasteiger partial charge in [0.15, 0.2) is 18.9 Å². The first-order valence-electron chi connectivity index (χ1n) is 11.7. The van der Waals surface area contributed by atoms with Crippen molar-refractivity contribution in [1.82, 2.24) is 0 Å². The number of hydrogen-bond acceptors (Lipinski definition) is 13. The number of aliphatic hydroxyl groups is 4. The van der Waals surface area contributed by atoms with Gasteiger partial charge < -0.3 is 54.6 Å². The molecule has 0 amide bonds. The highest BCUT2D eigenvalue weighted by Gasteiger charge is 2.48. The molecule has 0 spiro atoms. The summed E-state index contributed by atoms with van der Waals surface area (Å²) in [5, 5.41) is 40.9. The van der Waals surface area contributed by atoms with Crippen molar-refractivity contribution in [3.05, 3.63) is 0 Å². The fraction of sp³-hybridized carbons (Fsp3) is 1.00. The van der Waals surface area contributed by atoms with Crippen molar-refractivity contribution in [2.75, 3.05) is 25.6 Å². The average Bonchev–Trinajstić information content (AvgIpc) is 2.79. The van der Waals surface area contributed by atoms with E-state index >= 15 is 0 Å². The molecule has 2 unspecified atom stereocenters. The first kappa shape index (κ1) is 29.0. The lowest BCUT2D eigenvalue weighted by molar-refractivity contribution is -0.328. The van der Waals surface area contributed by atoms with Crippen molar-refractivity contribution in [3.8, 4) is 0 Å². The van der Waals surface area contributed by atoms with Crippen molar-refractivity contribution in [3.63, 3.8) is 0 Å². The van der Waals surface area contributed by atoms with Crippen LogP contribution in [0.1, 0.15) is 32.6 Å². The Bertz CT molecular complexity index is 757. The second kappa shape index (κ2) is 12.8. The standard InChI is InChI=1S/C20H37NO13S/c1-2-4-29-15-7-11(23)14(9-31-15)33-20-17(21)18(25)19(13(32-20)3-5-35(26,27)28)34-16-6-10(22)12(24)8-30-16/h10-20,22-25H,2-9,21H2,1H3,(H,26,27,28)/t10-,11-,12+,13?,14+,15+,16-,17?,18+,19+,20-/m0/s1. The Hall–Kier alpha value is -0.530. The fourth-order valence-electron chi connectivity index (χ4n) is 4.14. The highest BCUT2D eigenvalue weighted by atomic mass is 32.2. The summed E-state index contributed by atoms with van der Waals surface area (Å²) in [4.78, 5) is 0. The van der Waals surface area contributed by atoms with Crippen LogP contribution in [-0.2, 0) is 38.5 Å². The summed E-state index contributed by atoms with van der Waals surface area (Å²) >= 11 is 0. The van der Waals surface area contributed by atoms with Crippen LogP contribution in [0.3, 0.4) is 0 Å². The Morgan fingerprint density at radius 1 is 0.971 bits per heavy atom. The van der Waals surface area contributed by atoms with Gasteiger partial charge in [-0.3, -0.25) is 4.55 Å². The Morgan fingerprint density at radius 3 is 2.29 bits per heavy atom. The number of aliphatic hydroxyl groups excluding tert-OH is 4. The van der Waals surface area contributed by atoms with Crippen LogP contribution in [0, 0.1) is 0 Å². The van der Waals surface area contributed by atoms with E-state index in [0.29, 0.717) is 6.61 Å². The summed E-state index contributed by atoms with van der Waals surface area (Å²) < 4.78 is 65.6. The highest BCUT2D eigenvalue weighted by Crippen LogP contribution is 2.30. The van der Waals surface area contributed by atoms with Crippen molar-refractivity contribution >= 4 is 10.1 Å². The van der Waals surface area contributed by atoms with E-state index in [1.807, 2.05) is 6.92 Å². The molecule has 3 fully saturated rings. The maximum absolute atomic E-state index is 11.3. The summed E-state index contributed by atoms with van der Waals surface area (Å²) in [6.45, 7) is 2.19. The van der Waals surface area contributed by atoms with Gasteiger partial charge in [-0.1, -0.05) is 6.92 Å². The Morgan fingerprint density at radius 2 is 1.66 bits per heavy atom. The van der Waals surface area contributed by atoms with E-state index in [-0.39, 0.29) is 32.5 Å². The van der Waals surface area contributed by atoms with E-state index < -0.39 is 83.5 Å². The molecule has 0 aromatic heterocycles. The van der Waals surface area contributed by atoms with Crippen LogP contribution >= 0.6 is 0 Å². The summed E-state index contributed by atoms with van der Waals surface area (Å²) in [6, 6.07) is -1.16. The lowest BCUT2D eigenvalue weighted by atomic mass is 9.95. The average molecular weight is 532 g/mol. The molecule has 3 heterocycles. The van der Waals surface area contributed by atoms with Gasteiger partial charge in [-0.15, -0.1) is 0 Å². The van der Waals surface area contributed by atoms with Crippen molar-refractivity contribution in [2.24, 2.45) is 5.73 Å². The minimum Gasteiger partial charge on any atom is -0.390 e. The van der Waals surface area contributed by atoms with Crippen LogP contribution in [-0.4, -0.2) is 127 Å². The van der Waals surface area contributed by atoms with Crippen molar-refractivity contribution < 1.29 is 61.8 Å². The largest absolute Gasteiger partial charge is 0.390 e. The third-order valence-electron chi connectivity index (χ3n) is 6.15. The van der Waals surface area contributed by atoms with Crippen LogP contribution in [0.15, 0.2) is 0 Å². The minimum absolute atomic E-state index is 0.0238. The first-order valence-corrected chi connectivity index (χ1v) is 13.3. The maximum atomic E-state index is 11.3. The van der Waals surface area contributed by atoms with Gasteiger partial charge in [0.05, 0.1) is 43.3 Å². The zero-order valence-corrected chi connectivity index (χ0v) is 20.3. The molecule has 206 valence electrons. The molecule has 0 radical (unpaired) electrons. The Labute approximate surface area is 203 Å². The molecular weight excluding hydrogens is 494 g/mol. The van der Waals surface area contributed by atoms with Gasteiger partial charge in [-0.2, -0.15) is 8.42 Å². The normalized spacial score (nSPS) is 43.2. The molecule has 0 aromatic rings. The maximum Gasteiger partial charge on any atom is 0.264 e. The minimum atomic E-state index is -4.36. The Balaban J connectivity index is 1.66. The van der Waals surface area contributed by atoms with E-state index in [9.17, 15) is 33.4 Å². The van der Waals surface area contributed by atoms with Crippen LogP contribution in [0.2, 0.25) is 0 Å². The molecule has 14 nitrogen and oxygen atoms in total. The number of rotatable bonds is 10. The number of ether oxygens (including phenoxy) is 6. The molecule has 3 saturated heterocycles. The van der Waals surface area contributed by atoms with Gasteiger partial charge in [-0.05, 0) is 12.8 Å². The lowest BCUT2D eigenvalue weighted by Crippen LogP contribution is -2.64. The van der Waals surface area contributed by atoms with E-state index in [1.54, 1.807) is 0 Å². The monoisotopic (exact) mass is 531 g/mol. The smallest absolute Gasteiger partial charge is 0.264 e. The summed E-state index contributed by atoms with van der Waals surface area (Å²) in [6.07, 6.45) is -10.0. The van der Waals surface area contributed by atoms with E-state index in [0.717, 1.165) is 6.42 Å². The van der Waals surface area contributed by atoms with Gasteiger partial charge in [0.25, 0.3) is 10.1 Å². The van der Waals surface area contributed by atoms with Crippen LogP contribution in [0.25, 0.3) is 0 Å². The zero-order chi connectivity index (χ0) is 25.8. The third kappa shape index (κ3) is 8.23. The quantitative estimate of drug-likeness (QED) is 0.160. The van der Waals surface area contributed by atoms with E-state index in [2.05, 4.69) is 0 Å². The molecule has 11 atom stereocenters. The molecule has 3 rings (SSSR count). The first-order chi connectivity index (χ1) is 16.5. The molecule has 15 heteroatoms. The summed E-state index contributed by atoms with van der Waals surface area (Å²) in [5.41, 5.74) is 6.14. The summed E-state index contributed by atoms with van der Waals surface area (Å²) in [5.74, 6) is -0.690. The molecule has 7 N–H and O–H groups in total. The SMILES string of the molecule is CCCO[C@H]1C[C@H](O)[C@H](O[C@@H]2OC(CCS(=O)(=O)O)[C@@H](O[C@H]3C[C@H](O)[C@H](O)CO3)[C@H](O)C2N)CO1. The highest BCUT2D eigenvalue weighted by molar-refractivity contribution is 7.85. The number of hydrogen-bond donors (Lipinski definition) is 6. The second-order valence-electron chi connectivity index (χ2n) is 9.03. The molecular formula is C20H37NO13S. The zero-order valence-electron chi connectivity index (χ0n) is 19.5. The fourth-order valence-corrected chi connectivity index (χ4v) is 4.67. The molecule has 0 bridgehead atoms. The van der Waals surface area contributed by atoms with Gasteiger partial charge in [0.1, 0.15) is 24.4 Å². The van der Waals surface area contributed by atoms with Crippen LogP contribution < -0.4 is 5.73 Å². The van der Waals surface area contributed by atoms with Crippen molar-refractivity contribution in [2.45, 2.75) is 100 Å². The molecule has 0 aliphatic carbocycles. The van der Waals surface area contributed by atoms with Gasteiger partial charge >= 0.3 is 0 Å². The lowest BCUT2D eigenvalue weighted by Gasteiger charge is -2.46. The molecule has 0 aromatic carbocycles. The molecule has 0 saturated carbocycles. The number of nitrogens with two attached hydrogens (primary N) is 1. The Kier molecular flexibility index (Phi) is 10.6. The van der Waals surface area contributed by atoms with Gasteiger partial charge in [0.2, 0.25) is 0 Å². The molecule has 35 heavy (non-hydrogen) atoms. The molecule has 3 aliphatic heterocycles. The summed E-state index contributed by atoms with van der Waals surface area (Å²) in [7, 11) is -4.36. The molecule has 3 aliphatic rings. The van der Waals surface area contributed by atoms with Crippen LogP contribution in [0.5, 0.6) is 0 Å². The predicted octanol–water partition coefficient (Wildman–Crippen LogP) is -2.55. The predicted molar refractivity (Wildman–Crippen MR) is 116 cm³/mol. The van der Waals surface area contributed by atoms with Gasteiger partial charge in [0, 0.05) is 19.4 Å². The third-order valence-corrected chi connectivity index (χ3v) is 6.90. The van der Waals surface area contributed by atoms with Gasteiger partial charge in [-0.25, -0.2) is 0 Å². The topological polar surface area (TPSA) is 217 Å². The van der Waals surface area contributed by atoms with E-state index in [4.69, 9.17) is 34.2 Å². The second-order valence-corrected chi connectivity index (χ2v) is 10.6. The van der Waals surface area contributed by atoms with Crippen LogP contribution in [0.4, 0.5) is 0 Å². The van der Waals surface area contributed by atoms with Crippen molar-refractivity contribution in [1.29, 1.82) is 0 Å². The van der Waals surface area contributed by atoms with E-state index in [1.165, 1.54) is 0 Å².